The van der Waals surface area contributed by atoms with E-state index in [2.05, 4.69) is 10.2 Å². The Labute approximate surface area is 237 Å². The molecule has 1 amide bonds. The molecule has 1 aliphatic heterocycles. The minimum absolute atomic E-state index is 0.0353. The lowest BCUT2D eigenvalue weighted by atomic mass is 9.77. The number of rotatable bonds is 7. The van der Waals surface area contributed by atoms with Crippen molar-refractivity contribution in [2.75, 3.05) is 6.54 Å². The summed E-state index contributed by atoms with van der Waals surface area (Å²) in [6.07, 6.45) is 8.38. The van der Waals surface area contributed by atoms with Crippen molar-refractivity contribution in [3.8, 4) is 0 Å². The smallest absolute Gasteiger partial charge is 0.387 e. The third-order valence-electron chi connectivity index (χ3n) is 10.9. The maximum atomic E-state index is 13.6. The summed E-state index contributed by atoms with van der Waals surface area (Å²) >= 11 is 0. The molecule has 0 bridgehead atoms. The molecule has 0 aromatic heterocycles. The molecule has 0 radical (unpaired) electrons. The second-order valence-corrected chi connectivity index (χ2v) is 13.7. The van der Waals surface area contributed by atoms with Crippen LogP contribution in [-0.2, 0) is 9.53 Å². The number of amidine groups is 1. The zero-order chi connectivity index (χ0) is 28.4. The van der Waals surface area contributed by atoms with Gasteiger partial charge in [0.05, 0.1) is 30.0 Å². The average Bonchev–Trinajstić information content (AvgIpc) is 3.28. The van der Waals surface area contributed by atoms with Gasteiger partial charge in [0.1, 0.15) is 0 Å². The summed E-state index contributed by atoms with van der Waals surface area (Å²) < 4.78 is 46.0. The minimum Gasteiger partial charge on any atom is -0.387 e. The van der Waals surface area contributed by atoms with Gasteiger partial charge in [0.25, 0.3) is 0 Å². The van der Waals surface area contributed by atoms with E-state index >= 15 is 0 Å². The van der Waals surface area contributed by atoms with Crippen molar-refractivity contribution in [2.45, 2.75) is 145 Å². The zero-order valence-corrected chi connectivity index (χ0v) is 23.8. The van der Waals surface area contributed by atoms with Gasteiger partial charge in [0.2, 0.25) is 5.91 Å². The molecular formula is C30H50F3N5O2. The van der Waals surface area contributed by atoms with Crippen LogP contribution in [0.5, 0.6) is 0 Å². The van der Waals surface area contributed by atoms with E-state index < -0.39 is 12.1 Å². The summed E-state index contributed by atoms with van der Waals surface area (Å²) in [4.78, 5) is 16.1. The number of halogens is 3. The van der Waals surface area contributed by atoms with Crippen LogP contribution < -0.4 is 16.8 Å². The number of nitrogens with zero attached hydrogens (tertiary/aromatic N) is 1. The molecule has 0 aromatic rings. The van der Waals surface area contributed by atoms with E-state index in [1.165, 1.54) is 0 Å². The fraction of sp³-hybridized carbons (Fsp3) is 0.933. The molecule has 0 spiro atoms. The minimum atomic E-state index is -4.12. The molecule has 1 saturated heterocycles. The third-order valence-corrected chi connectivity index (χ3v) is 10.9. The molecule has 0 aromatic carbocycles. The summed E-state index contributed by atoms with van der Waals surface area (Å²) in [6.45, 7) is 0.853. The van der Waals surface area contributed by atoms with Crippen molar-refractivity contribution in [1.29, 1.82) is 5.41 Å². The lowest BCUT2D eigenvalue weighted by Crippen LogP contribution is -2.52. The number of hydrogen-bond donors (Lipinski definition) is 4. The van der Waals surface area contributed by atoms with E-state index in [1.54, 1.807) is 0 Å². The van der Waals surface area contributed by atoms with Gasteiger partial charge in [-0.3, -0.25) is 15.1 Å². The Morgan fingerprint density at radius 3 is 2.30 bits per heavy atom. The normalized spacial score (nSPS) is 41.3. The Morgan fingerprint density at radius 1 is 0.900 bits per heavy atom. The average molecular weight is 570 g/mol. The Kier molecular flexibility index (Phi) is 9.67. The van der Waals surface area contributed by atoms with Gasteiger partial charge in [0.15, 0.2) is 0 Å². The summed E-state index contributed by atoms with van der Waals surface area (Å²) in [6, 6.07) is 0.567. The van der Waals surface area contributed by atoms with Crippen molar-refractivity contribution in [3.63, 3.8) is 0 Å². The number of carbonyl (C=O) groups is 1. The molecule has 5 rings (SSSR count). The van der Waals surface area contributed by atoms with E-state index in [9.17, 15) is 18.0 Å². The maximum absolute atomic E-state index is 13.6. The Balaban J connectivity index is 1.17. The largest absolute Gasteiger partial charge is 0.391 e. The second kappa shape index (κ2) is 12.9. The zero-order valence-electron chi connectivity index (χ0n) is 23.8. The predicted molar refractivity (Wildman–Crippen MR) is 149 cm³/mol. The van der Waals surface area contributed by atoms with Crippen LogP contribution in [0.15, 0.2) is 0 Å². The highest BCUT2D eigenvalue weighted by molar-refractivity contribution is 5.83. The first-order valence-corrected chi connectivity index (χ1v) is 15.9. The van der Waals surface area contributed by atoms with Gasteiger partial charge in [-0.15, -0.1) is 0 Å². The van der Waals surface area contributed by atoms with Gasteiger partial charge < -0.3 is 21.5 Å². The molecule has 1 heterocycles. The van der Waals surface area contributed by atoms with Crippen molar-refractivity contribution in [1.82, 2.24) is 10.2 Å². The van der Waals surface area contributed by atoms with Crippen molar-refractivity contribution in [2.24, 2.45) is 35.1 Å². The number of alkyl halides is 3. The fourth-order valence-corrected chi connectivity index (χ4v) is 8.49. The highest BCUT2D eigenvalue weighted by Gasteiger charge is 2.48. The Hall–Kier alpha value is -1.39. The van der Waals surface area contributed by atoms with Crippen LogP contribution in [0.3, 0.4) is 0 Å². The van der Waals surface area contributed by atoms with E-state index in [4.69, 9.17) is 21.6 Å². The van der Waals surface area contributed by atoms with Gasteiger partial charge >= 0.3 is 6.18 Å². The number of nitrogens with two attached hydrogens (primary N) is 2. The number of fused-ring (bicyclic) bond motifs is 1. The van der Waals surface area contributed by atoms with E-state index in [1.807, 2.05) is 0 Å². The van der Waals surface area contributed by atoms with Gasteiger partial charge in [-0.05, 0) is 108 Å². The van der Waals surface area contributed by atoms with E-state index in [0.717, 1.165) is 90.0 Å². The highest BCUT2D eigenvalue weighted by atomic mass is 19.4. The molecule has 5 aliphatic rings. The van der Waals surface area contributed by atoms with Crippen LogP contribution in [0.4, 0.5) is 13.2 Å². The van der Waals surface area contributed by atoms with Gasteiger partial charge in [0, 0.05) is 30.6 Å². The van der Waals surface area contributed by atoms with Crippen molar-refractivity contribution < 1.29 is 22.7 Å². The lowest BCUT2D eigenvalue weighted by Gasteiger charge is -2.40. The Bertz CT molecular complexity index is 872. The van der Waals surface area contributed by atoms with Crippen LogP contribution in [0.25, 0.3) is 0 Å². The number of hydrogen-bond acceptors (Lipinski definition) is 5. The predicted octanol–water partition coefficient (Wildman–Crippen LogP) is 4.86. The highest BCUT2D eigenvalue weighted by Crippen LogP contribution is 2.44. The van der Waals surface area contributed by atoms with Gasteiger partial charge in [-0.25, -0.2) is 0 Å². The van der Waals surface area contributed by atoms with Crippen LogP contribution in [0.2, 0.25) is 0 Å². The molecule has 228 valence electrons. The number of ether oxygens (including phenoxy) is 1. The fourth-order valence-electron chi connectivity index (χ4n) is 8.49. The first-order valence-electron chi connectivity index (χ1n) is 15.9. The molecule has 7 nitrogen and oxygen atoms in total. The third kappa shape index (κ3) is 7.33. The quantitative estimate of drug-likeness (QED) is 0.258. The lowest BCUT2D eigenvalue weighted by molar-refractivity contribution is -0.196. The van der Waals surface area contributed by atoms with Crippen LogP contribution in [-0.4, -0.2) is 65.7 Å². The standard InChI is InChI=1S/C30H50F3N5O2/c31-30(32,33)21-2-1-3-25(16-21)40-24-12-4-18(5-13-24)17-38-26-15-20(28(35)36)7-6-19(26)14-27(38)29(39)37-23-10-8-22(34)9-11-23/h18-27H,1-17,34H2,(H3,35,36)(H,37,39). The molecule has 40 heavy (non-hydrogen) atoms. The molecule has 5 fully saturated rings. The topological polar surface area (TPSA) is 117 Å². The summed E-state index contributed by atoms with van der Waals surface area (Å²) in [5, 5.41) is 11.4. The van der Waals surface area contributed by atoms with Gasteiger partial charge in [-0.2, -0.15) is 13.2 Å². The van der Waals surface area contributed by atoms with E-state index in [0.29, 0.717) is 18.3 Å². The molecule has 6 unspecified atom stereocenters. The second-order valence-electron chi connectivity index (χ2n) is 13.7. The maximum Gasteiger partial charge on any atom is 0.391 e. The monoisotopic (exact) mass is 569 g/mol. The first-order chi connectivity index (χ1) is 19.1. The summed E-state index contributed by atoms with van der Waals surface area (Å²) in [5.41, 5.74) is 12.0. The first kappa shape index (κ1) is 30.1. The van der Waals surface area contributed by atoms with Gasteiger partial charge in [-0.1, -0.05) is 6.42 Å². The van der Waals surface area contributed by atoms with E-state index in [-0.39, 0.29) is 66.9 Å². The number of likely N-dealkylation sites (tertiary alicyclic amines) is 1. The molecule has 4 saturated carbocycles. The number of amides is 1. The number of carbonyl (C=O) groups excluding carboxylic acids is 1. The SMILES string of the molecule is N=C(N)C1CCC2CC(C(=O)NC3CCC(N)CC3)N(CC3CCC(OC4CCCC(C(F)(F)F)C4)CC3)C2C1. The molecule has 4 aliphatic carbocycles. The van der Waals surface area contributed by atoms with Crippen LogP contribution >= 0.6 is 0 Å². The van der Waals surface area contributed by atoms with Crippen molar-refractivity contribution in [3.05, 3.63) is 0 Å². The molecule has 6 N–H and O–H groups in total. The summed E-state index contributed by atoms with van der Waals surface area (Å²) in [5.74, 6) is 0.159. The Morgan fingerprint density at radius 2 is 1.62 bits per heavy atom. The molecule has 6 atom stereocenters. The summed E-state index contributed by atoms with van der Waals surface area (Å²) in [7, 11) is 0. The molecular weight excluding hydrogens is 519 g/mol. The number of nitrogens with one attached hydrogen (secondary N) is 2. The van der Waals surface area contributed by atoms with Crippen molar-refractivity contribution >= 4 is 11.7 Å². The van der Waals surface area contributed by atoms with Crippen LogP contribution in [0, 0.1) is 29.1 Å². The van der Waals surface area contributed by atoms with Crippen LogP contribution in [0.1, 0.15) is 103 Å². The molecule has 10 heteroatoms.